The molecular formula is C30H46O8. The highest BCUT2D eigenvalue weighted by molar-refractivity contribution is 5.90. The van der Waals surface area contributed by atoms with Crippen LogP contribution >= 0.6 is 0 Å². The Balaban J connectivity index is 0.00000157. The second-order valence-corrected chi connectivity index (χ2v) is 6.94. The molecule has 0 aromatic heterocycles. The van der Waals surface area contributed by atoms with E-state index in [1.807, 2.05) is 55.4 Å². The Hall–Kier alpha value is -3.10. The SMILES string of the molecule is CC.CC.CC.CC.COc1ccc(C(=O)OC2CO[C@H]3C(OC(=O)c4ccc(OC)cc4)CO[C@@H]23)cc1. The average molecular weight is 535 g/mol. The molecule has 0 aliphatic carbocycles. The van der Waals surface area contributed by atoms with Gasteiger partial charge in [0.05, 0.1) is 38.6 Å². The highest BCUT2D eigenvalue weighted by atomic mass is 16.7. The van der Waals surface area contributed by atoms with Crippen LogP contribution in [0, 0.1) is 0 Å². The Kier molecular flexibility index (Phi) is 18.3. The molecule has 0 N–H and O–H groups in total. The van der Waals surface area contributed by atoms with Crippen molar-refractivity contribution in [1.82, 2.24) is 0 Å². The van der Waals surface area contributed by atoms with Crippen LogP contribution in [0.1, 0.15) is 76.1 Å². The van der Waals surface area contributed by atoms with Crippen LogP contribution in [0.5, 0.6) is 11.5 Å². The van der Waals surface area contributed by atoms with Crippen molar-refractivity contribution in [2.75, 3.05) is 27.4 Å². The van der Waals surface area contributed by atoms with E-state index in [9.17, 15) is 9.59 Å². The minimum atomic E-state index is -0.575. The van der Waals surface area contributed by atoms with Gasteiger partial charge in [0.25, 0.3) is 0 Å². The third-order valence-corrected chi connectivity index (χ3v) is 5.13. The predicted molar refractivity (Wildman–Crippen MR) is 149 cm³/mol. The second-order valence-electron chi connectivity index (χ2n) is 6.94. The summed E-state index contributed by atoms with van der Waals surface area (Å²) < 4.78 is 32.8. The Morgan fingerprint density at radius 2 is 0.868 bits per heavy atom. The summed E-state index contributed by atoms with van der Waals surface area (Å²) in [4.78, 5) is 24.8. The molecule has 0 amide bonds. The van der Waals surface area contributed by atoms with Gasteiger partial charge in [-0.05, 0) is 48.5 Å². The number of rotatable bonds is 6. The zero-order chi connectivity index (χ0) is 29.1. The molecule has 8 nitrogen and oxygen atoms in total. The third kappa shape index (κ3) is 9.65. The van der Waals surface area contributed by atoms with Crippen LogP contribution in [0.15, 0.2) is 48.5 Å². The van der Waals surface area contributed by atoms with Crippen molar-refractivity contribution in [3.63, 3.8) is 0 Å². The van der Waals surface area contributed by atoms with Gasteiger partial charge in [-0.1, -0.05) is 55.4 Å². The van der Waals surface area contributed by atoms with E-state index in [-0.39, 0.29) is 13.2 Å². The first-order valence-corrected chi connectivity index (χ1v) is 13.5. The molecule has 2 heterocycles. The molecule has 4 rings (SSSR count). The quantitative estimate of drug-likeness (QED) is 0.396. The first-order chi connectivity index (χ1) is 18.6. The van der Waals surface area contributed by atoms with E-state index < -0.39 is 36.4 Å². The Morgan fingerprint density at radius 3 is 1.13 bits per heavy atom. The van der Waals surface area contributed by atoms with E-state index in [1.165, 1.54) is 0 Å². The summed E-state index contributed by atoms with van der Waals surface area (Å²) in [6.45, 7) is 16.3. The molecule has 2 aromatic rings. The van der Waals surface area contributed by atoms with Gasteiger partial charge in [-0.25, -0.2) is 9.59 Å². The van der Waals surface area contributed by atoms with E-state index in [0.29, 0.717) is 22.6 Å². The molecule has 2 aromatic carbocycles. The lowest BCUT2D eigenvalue weighted by atomic mass is 10.1. The molecule has 0 spiro atoms. The van der Waals surface area contributed by atoms with Gasteiger partial charge in [0.15, 0.2) is 12.2 Å². The van der Waals surface area contributed by atoms with E-state index >= 15 is 0 Å². The van der Waals surface area contributed by atoms with Gasteiger partial charge >= 0.3 is 11.9 Å². The average Bonchev–Trinajstić information content (AvgIpc) is 3.60. The van der Waals surface area contributed by atoms with Crippen molar-refractivity contribution >= 4 is 11.9 Å². The van der Waals surface area contributed by atoms with Crippen LogP contribution in [0.25, 0.3) is 0 Å². The van der Waals surface area contributed by atoms with Crippen LogP contribution < -0.4 is 9.47 Å². The smallest absolute Gasteiger partial charge is 0.338 e. The Morgan fingerprint density at radius 1 is 0.579 bits per heavy atom. The normalized spacial score (nSPS) is 20.2. The van der Waals surface area contributed by atoms with Crippen LogP contribution in [-0.2, 0) is 18.9 Å². The predicted octanol–water partition coefficient (Wildman–Crippen LogP) is 6.36. The van der Waals surface area contributed by atoms with Crippen molar-refractivity contribution < 1.29 is 38.0 Å². The molecule has 38 heavy (non-hydrogen) atoms. The van der Waals surface area contributed by atoms with Crippen molar-refractivity contribution in [3.8, 4) is 11.5 Å². The molecule has 2 unspecified atom stereocenters. The van der Waals surface area contributed by atoms with E-state index in [2.05, 4.69) is 0 Å². The largest absolute Gasteiger partial charge is 0.497 e. The molecule has 0 saturated carbocycles. The zero-order valence-electron chi connectivity index (χ0n) is 24.6. The summed E-state index contributed by atoms with van der Waals surface area (Å²) in [6, 6.07) is 13.3. The Labute approximate surface area is 228 Å². The fourth-order valence-electron chi connectivity index (χ4n) is 3.50. The first kappa shape index (κ1) is 34.9. The van der Waals surface area contributed by atoms with Crippen molar-refractivity contribution in [2.45, 2.75) is 79.8 Å². The number of ether oxygens (including phenoxy) is 6. The maximum Gasteiger partial charge on any atom is 0.338 e. The molecule has 0 bridgehead atoms. The second kappa shape index (κ2) is 19.9. The van der Waals surface area contributed by atoms with Gasteiger partial charge in [0.1, 0.15) is 23.7 Å². The highest BCUT2D eigenvalue weighted by Gasteiger charge is 2.51. The molecular weight excluding hydrogens is 488 g/mol. The fraction of sp³-hybridized carbons (Fsp3) is 0.533. The molecule has 4 atom stereocenters. The molecule has 2 fully saturated rings. The maximum absolute atomic E-state index is 12.4. The number of hydrogen-bond acceptors (Lipinski definition) is 8. The Bertz CT molecular complexity index is 820. The number of methoxy groups -OCH3 is 2. The summed E-state index contributed by atoms with van der Waals surface area (Å²) in [5.74, 6) is 0.344. The van der Waals surface area contributed by atoms with Gasteiger partial charge < -0.3 is 28.4 Å². The standard InChI is InChI=1S/C22H22O8.4C2H6/c1-25-15-7-3-13(4-8-15)21(23)29-17-11-27-20-18(12-28-19(17)20)30-22(24)14-5-9-16(26-2)10-6-14;4*1-2/h3-10,17-20H,11-12H2,1-2H3;4*1-2H3/t17?,18?,19-,20-;;;;/m0..../s1. The number of fused-ring (bicyclic) bond motifs is 1. The van der Waals surface area contributed by atoms with Crippen molar-refractivity contribution in [2.24, 2.45) is 0 Å². The lowest BCUT2D eigenvalue weighted by Gasteiger charge is -2.17. The number of carbonyl (C=O) groups excluding carboxylic acids is 2. The summed E-state index contributed by atoms with van der Waals surface area (Å²) in [5.41, 5.74) is 0.805. The summed E-state index contributed by atoms with van der Waals surface area (Å²) in [6.07, 6.45) is -2.12. The summed E-state index contributed by atoms with van der Waals surface area (Å²) >= 11 is 0. The van der Waals surface area contributed by atoms with Gasteiger partial charge in [-0.2, -0.15) is 0 Å². The van der Waals surface area contributed by atoms with Crippen LogP contribution in [0.3, 0.4) is 0 Å². The number of carbonyl (C=O) groups is 2. The zero-order valence-corrected chi connectivity index (χ0v) is 24.6. The van der Waals surface area contributed by atoms with Crippen molar-refractivity contribution in [3.05, 3.63) is 59.7 Å². The molecule has 2 aliphatic heterocycles. The fourth-order valence-corrected chi connectivity index (χ4v) is 3.50. The van der Waals surface area contributed by atoms with Crippen LogP contribution in [-0.4, -0.2) is 63.8 Å². The summed E-state index contributed by atoms with van der Waals surface area (Å²) in [5, 5.41) is 0. The topological polar surface area (TPSA) is 89.5 Å². The summed E-state index contributed by atoms with van der Waals surface area (Å²) in [7, 11) is 3.11. The number of hydrogen-bond donors (Lipinski definition) is 0. The van der Waals surface area contributed by atoms with Crippen LogP contribution in [0.2, 0.25) is 0 Å². The minimum absolute atomic E-state index is 0.174. The van der Waals surface area contributed by atoms with E-state index in [1.54, 1.807) is 62.8 Å². The van der Waals surface area contributed by atoms with E-state index in [0.717, 1.165) is 0 Å². The lowest BCUT2D eigenvalue weighted by molar-refractivity contribution is -0.0287. The number of benzene rings is 2. The molecule has 0 radical (unpaired) electrons. The first-order valence-electron chi connectivity index (χ1n) is 13.5. The molecule has 2 aliphatic rings. The molecule has 214 valence electrons. The van der Waals surface area contributed by atoms with Gasteiger partial charge in [-0.3, -0.25) is 0 Å². The molecule has 2 saturated heterocycles. The van der Waals surface area contributed by atoms with Gasteiger partial charge in [-0.15, -0.1) is 0 Å². The van der Waals surface area contributed by atoms with Gasteiger partial charge in [0, 0.05) is 0 Å². The lowest BCUT2D eigenvalue weighted by Crippen LogP contribution is -2.36. The maximum atomic E-state index is 12.4. The highest BCUT2D eigenvalue weighted by Crippen LogP contribution is 2.31. The van der Waals surface area contributed by atoms with Gasteiger partial charge in [0.2, 0.25) is 0 Å². The van der Waals surface area contributed by atoms with E-state index in [4.69, 9.17) is 28.4 Å². The third-order valence-electron chi connectivity index (χ3n) is 5.13. The monoisotopic (exact) mass is 534 g/mol. The minimum Gasteiger partial charge on any atom is -0.497 e. The van der Waals surface area contributed by atoms with Crippen molar-refractivity contribution in [1.29, 1.82) is 0 Å². The molecule has 8 heteroatoms. The van der Waals surface area contributed by atoms with Crippen LogP contribution in [0.4, 0.5) is 0 Å². The number of esters is 2.